The summed E-state index contributed by atoms with van der Waals surface area (Å²) in [6, 6.07) is 6.79. The molecule has 27 heavy (non-hydrogen) atoms. The molecule has 0 radical (unpaired) electrons. The maximum atomic E-state index is 12.7. The summed E-state index contributed by atoms with van der Waals surface area (Å²) in [5.41, 5.74) is 1.01. The van der Waals surface area contributed by atoms with Crippen LogP contribution in [0.3, 0.4) is 0 Å². The van der Waals surface area contributed by atoms with Crippen molar-refractivity contribution in [1.29, 1.82) is 0 Å². The number of amides is 1. The Morgan fingerprint density at radius 1 is 1.19 bits per heavy atom. The van der Waals surface area contributed by atoms with E-state index >= 15 is 0 Å². The molecule has 146 valence electrons. The first-order chi connectivity index (χ1) is 12.9. The van der Waals surface area contributed by atoms with Gasteiger partial charge in [0.15, 0.2) is 0 Å². The Kier molecular flexibility index (Phi) is 4.78. The van der Waals surface area contributed by atoms with Crippen LogP contribution < -0.4 is 4.74 Å². The van der Waals surface area contributed by atoms with Crippen molar-refractivity contribution in [1.82, 2.24) is 4.90 Å². The van der Waals surface area contributed by atoms with Crippen molar-refractivity contribution >= 4 is 11.9 Å². The van der Waals surface area contributed by atoms with Crippen LogP contribution in [0.2, 0.25) is 0 Å². The van der Waals surface area contributed by atoms with Gasteiger partial charge in [-0.1, -0.05) is 12.1 Å². The van der Waals surface area contributed by atoms with Gasteiger partial charge in [-0.15, -0.1) is 0 Å². The molecule has 0 N–H and O–H groups in total. The smallest absolute Gasteiger partial charge is 0.387 e. The largest absolute Gasteiger partial charge is 0.465 e. The van der Waals surface area contributed by atoms with Gasteiger partial charge in [0.05, 0.1) is 13.0 Å². The second-order valence-corrected chi connectivity index (χ2v) is 7.99. The second-order valence-electron chi connectivity index (χ2n) is 7.99. The fourth-order valence-electron chi connectivity index (χ4n) is 4.68. The molecule has 7 heteroatoms. The number of nitrogens with zero attached hydrogens (tertiary/aromatic N) is 1. The van der Waals surface area contributed by atoms with Gasteiger partial charge in [-0.05, 0) is 49.3 Å². The van der Waals surface area contributed by atoms with E-state index in [0.717, 1.165) is 31.2 Å². The Balaban J connectivity index is 1.26. The molecule has 1 amide bonds. The van der Waals surface area contributed by atoms with Gasteiger partial charge in [0, 0.05) is 24.4 Å². The van der Waals surface area contributed by atoms with Crippen LogP contribution in [0.5, 0.6) is 5.75 Å². The summed E-state index contributed by atoms with van der Waals surface area (Å²) in [4.78, 5) is 25.9. The lowest BCUT2D eigenvalue weighted by Crippen LogP contribution is -2.49. The summed E-state index contributed by atoms with van der Waals surface area (Å²) < 4.78 is 33.9. The lowest BCUT2D eigenvalue weighted by Gasteiger charge is -2.45. The Labute approximate surface area is 156 Å². The van der Waals surface area contributed by atoms with E-state index in [1.807, 2.05) is 17.0 Å². The molecule has 3 fully saturated rings. The van der Waals surface area contributed by atoms with Crippen LogP contribution in [0.1, 0.15) is 43.6 Å². The molecule has 4 rings (SSSR count). The molecular formula is C20H23F2NO4. The van der Waals surface area contributed by atoms with E-state index in [4.69, 9.17) is 4.74 Å². The quantitative estimate of drug-likeness (QED) is 0.753. The Hall–Kier alpha value is -2.18. The summed E-state index contributed by atoms with van der Waals surface area (Å²) in [5, 5.41) is 0. The SMILES string of the molecule is O=C1CC2(CO1)CC(C(=O)N1CCC(c3ccc(OC(F)F)cc3)CC1)C2. The number of piperidine rings is 1. The lowest BCUT2D eigenvalue weighted by atomic mass is 9.61. The van der Waals surface area contributed by atoms with E-state index in [0.29, 0.717) is 32.0 Å². The van der Waals surface area contributed by atoms with E-state index in [1.165, 1.54) is 0 Å². The summed E-state index contributed by atoms with van der Waals surface area (Å²) >= 11 is 0. The van der Waals surface area contributed by atoms with Crippen LogP contribution in [-0.4, -0.2) is 43.1 Å². The molecule has 0 bridgehead atoms. The van der Waals surface area contributed by atoms with Crippen LogP contribution in [0.25, 0.3) is 0 Å². The van der Waals surface area contributed by atoms with E-state index < -0.39 is 6.61 Å². The molecule has 0 atom stereocenters. The number of halogens is 2. The summed E-state index contributed by atoms with van der Waals surface area (Å²) in [6.45, 7) is -0.942. The molecule has 2 heterocycles. The third-order valence-electron chi connectivity index (χ3n) is 6.15. The second kappa shape index (κ2) is 7.09. The minimum Gasteiger partial charge on any atom is -0.465 e. The van der Waals surface area contributed by atoms with E-state index in [9.17, 15) is 18.4 Å². The van der Waals surface area contributed by atoms with Crippen molar-refractivity contribution in [3.8, 4) is 5.75 Å². The number of carbonyl (C=O) groups is 2. The molecule has 3 aliphatic rings. The van der Waals surface area contributed by atoms with Crippen molar-refractivity contribution < 1.29 is 27.8 Å². The molecule has 2 saturated heterocycles. The zero-order valence-corrected chi connectivity index (χ0v) is 15.0. The number of carbonyl (C=O) groups excluding carboxylic acids is 2. The van der Waals surface area contributed by atoms with Gasteiger partial charge in [0.25, 0.3) is 0 Å². The third kappa shape index (κ3) is 3.77. The molecule has 1 spiro atoms. The topological polar surface area (TPSA) is 55.8 Å². The third-order valence-corrected chi connectivity index (χ3v) is 6.15. The average Bonchev–Trinajstić information content (AvgIpc) is 3.02. The number of ether oxygens (including phenoxy) is 2. The van der Waals surface area contributed by atoms with E-state index in [2.05, 4.69) is 4.74 Å². The first kappa shape index (κ1) is 18.2. The first-order valence-corrected chi connectivity index (χ1v) is 9.43. The number of benzene rings is 1. The van der Waals surface area contributed by atoms with Gasteiger partial charge in [-0.3, -0.25) is 9.59 Å². The first-order valence-electron chi connectivity index (χ1n) is 9.43. The molecule has 5 nitrogen and oxygen atoms in total. The van der Waals surface area contributed by atoms with Gasteiger partial charge in [0.2, 0.25) is 5.91 Å². The van der Waals surface area contributed by atoms with Crippen molar-refractivity contribution in [2.45, 2.75) is 44.6 Å². The molecule has 1 aliphatic carbocycles. The zero-order valence-electron chi connectivity index (χ0n) is 15.0. The average molecular weight is 379 g/mol. The maximum Gasteiger partial charge on any atom is 0.387 e. The highest BCUT2D eigenvalue weighted by atomic mass is 19.3. The number of hydrogen-bond donors (Lipinski definition) is 0. The standard InChI is InChI=1S/C20H23F2NO4/c21-19(22)27-16-3-1-13(2-4-16)14-5-7-23(8-6-14)18(25)15-9-20(10-15)11-17(24)26-12-20/h1-4,14-15,19H,5-12H2. The Morgan fingerprint density at radius 2 is 1.85 bits per heavy atom. The number of esters is 1. The summed E-state index contributed by atoms with van der Waals surface area (Å²) in [6.07, 6.45) is 3.68. The number of rotatable bonds is 4. The number of likely N-dealkylation sites (tertiary alicyclic amines) is 1. The van der Waals surface area contributed by atoms with Crippen molar-refractivity contribution in [2.75, 3.05) is 19.7 Å². The minimum atomic E-state index is -2.82. The van der Waals surface area contributed by atoms with Crippen LogP contribution in [0.15, 0.2) is 24.3 Å². The van der Waals surface area contributed by atoms with Crippen LogP contribution in [0.4, 0.5) is 8.78 Å². The normalized spacial score (nSPS) is 28.3. The maximum absolute atomic E-state index is 12.7. The van der Waals surface area contributed by atoms with Crippen molar-refractivity contribution in [2.24, 2.45) is 11.3 Å². The van der Waals surface area contributed by atoms with Gasteiger partial charge in [-0.25, -0.2) is 0 Å². The molecule has 0 unspecified atom stereocenters. The van der Waals surface area contributed by atoms with Crippen LogP contribution in [-0.2, 0) is 14.3 Å². The van der Waals surface area contributed by atoms with Gasteiger partial charge < -0.3 is 14.4 Å². The Morgan fingerprint density at radius 3 is 2.41 bits per heavy atom. The van der Waals surface area contributed by atoms with E-state index in [1.54, 1.807) is 12.1 Å². The van der Waals surface area contributed by atoms with Crippen molar-refractivity contribution in [3.63, 3.8) is 0 Å². The molecule has 0 aromatic heterocycles. The monoisotopic (exact) mass is 379 g/mol. The van der Waals surface area contributed by atoms with Gasteiger partial charge >= 0.3 is 12.6 Å². The fourth-order valence-corrected chi connectivity index (χ4v) is 4.68. The van der Waals surface area contributed by atoms with Crippen LogP contribution in [0, 0.1) is 11.3 Å². The summed E-state index contributed by atoms with van der Waals surface area (Å²) in [5.74, 6) is 0.547. The highest BCUT2D eigenvalue weighted by Gasteiger charge is 2.53. The minimum absolute atomic E-state index is 0.0156. The number of alkyl halides is 2. The van der Waals surface area contributed by atoms with Gasteiger partial charge in [0.1, 0.15) is 5.75 Å². The number of cyclic esters (lactones) is 1. The van der Waals surface area contributed by atoms with Gasteiger partial charge in [-0.2, -0.15) is 8.78 Å². The lowest BCUT2D eigenvalue weighted by molar-refractivity contribution is -0.144. The Bertz CT molecular complexity index is 707. The molecular weight excluding hydrogens is 356 g/mol. The molecule has 1 aromatic carbocycles. The number of hydrogen-bond acceptors (Lipinski definition) is 4. The van der Waals surface area contributed by atoms with Crippen LogP contribution >= 0.6 is 0 Å². The van der Waals surface area contributed by atoms with E-state index in [-0.39, 0.29) is 29.0 Å². The predicted octanol–water partition coefficient (Wildman–Crippen LogP) is 3.34. The summed E-state index contributed by atoms with van der Waals surface area (Å²) in [7, 11) is 0. The zero-order chi connectivity index (χ0) is 19.0. The predicted molar refractivity (Wildman–Crippen MR) is 92.4 cm³/mol. The highest BCUT2D eigenvalue weighted by Crippen LogP contribution is 2.52. The fraction of sp³-hybridized carbons (Fsp3) is 0.600. The van der Waals surface area contributed by atoms with Crippen molar-refractivity contribution in [3.05, 3.63) is 29.8 Å². The highest BCUT2D eigenvalue weighted by molar-refractivity contribution is 5.81. The molecule has 1 saturated carbocycles. The molecule has 2 aliphatic heterocycles. The molecule has 1 aromatic rings.